The Labute approximate surface area is 198 Å². The SMILES string of the molecule is COc1ccc(CN2C(=O)NC(=O)C2=O)cc1C(=O)NCc1ccc(Oc2ccc(F)cc2)cn1. The van der Waals surface area contributed by atoms with Gasteiger partial charge >= 0.3 is 17.8 Å². The monoisotopic (exact) mass is 478 g/mol. The fourth-order valence-electron chi connectivity index (χ4n) is 3.27. The number of hydrogen-bond acceptors (Lipinski definition) is 7. The number of imide groups is 2. The van der Waals surface area contributed by atoms with E-state index in [-0.39, 0.29) is 30.2 Å². The highest BCUT2D eigenvalue weighted by molar-refractivity contribution is 6.44. The van der Waals surface area contributed by atoms with Crippen molar-refractivity contribution in [3.8, 4) is 17.2 Å². The number of nitrogens with one attached hydrogen (secondary N) is 2. The van der Waals surface area contributed by atoms with E-state index < -0.39 is 23.8 Å². The fourth-order valence-corrected chi connectivity index (χ4v) is 3.27. The van der Waals surface area contributed by atoms with Gasteiger partial charge in [-0.2, -0.15) is 0 Å². The summed E-state index contributed by atoms with van der Waals surface area (Å²) >= 11 is 0. The second-order valence-electron chi connectivity index (χ2n) is 7.41. The van der Waals surface area contributed by atoms with Crippen LogP contribution < -0.4 is 20.1 Å². The molecule has 178 valence electrons. The second kappa shape index (κ2) is 10.00. The minimum absolute atomic E-state index is 0.102. The van der Waals surface area contributed by atoms with Gasteiger partial charge in [-0.1, -0.05) is 6.07 Å². The van der Waals surface area contributed by atoms with Crippen molar-refractivity contribution in [1.82, 2.24) is 20.5 Å². The van der Waals surface area contributed by atoms with Gasteiger partial charge in [0.15, 0.2) is 0 Å². The third kappa shape index (κ3) is 5.41. The molecular formula is C24H19FN4O6. The number of amides is 5. The summed E-state index contributed by atoms with van der Waals surface area (Å²) in [6.07, 6.45) is 1.48. The molecule has 4 rings (SSSR count). The van der Waals surface area contributed by atoms with Gasteiger partial charge in [0.05, 0.1) is 37.7 Å². The number of rotatable bonds is 8. The molecule has 1 saturated heterocycles. The quantitative estimate of drug-likeness (QED) is 0.376. The Morgan fingerprint density at radius 2 is 1.80 bits per heavy atom. The molecule has 1 aliphatic heterocycles. The van der Waals surface area contributed by atoms with E-state index in [9.17, 15) is 23.6 Å². The zero-order chi connectivity index (χ0) is 24.9. The lowest BCUT2D eigenvalue weighted by atomic mass is 10.1. The Balaban J connectivity index is 1.40. The summed E-state index contributed by atoms with van der Waals surface area (Å²) in [6.45, 7) is -0.0810. The molecule has 0 radical (unpaired) electrons. The first-order valence-corrected chi connectivity index (χ1v) is 10.3. The van der Waals surface area contributed by atoms with E-state index in [1.807, 2.05) is 5.32 Å². The zero-order valence-corrected chi connectivity index (χ0v) is 18.4. The summed E-state index contributed by atoms with van der Waals surface area (Å²) in [6, 6.07) is 12.7. The van der Waals surface area contributed by atoms with Crippen molar-refractivity contribution in [3.05, 3.63) is 83.4 Å². The highest BCUT2D eigenvalue weighted by Gasteiger charge is 2.36. The zero-order valence-electron chi connectivity index (χ0n) is 18.4. The lowest BCUT2D eigenvalue weighted by molar-refractivity contribution is -0.140. The lowest BCUT2D eigenvalue weighted by Gasteiger charge is -2.14. The van der Waals surface area contributed by atoms with Crippen molar-refractivity contribution in [1.29, 1.82) is 0 Å². The molecule has 1 aliphatic rings. The van der Waals surface area contributed by atoms with Crippen molar-refractivity contribution >= 4 is 23.8 Å². The van der Waals surface area contributed by atoms with E-state index in [0.717, 1.165) is 4.90 Å². The number of pyridine rings is 1. The van der Waals surface area contributed by atoms with E-state index in [0.29, 0.717) is 22.8 Å². The number of carbonyl (C=O) groups is 4. The van der Waals surface area contributed by atoms with Crippen LogP contribution in [-0.4, -0.2) is 40.7 Å². The molecule has 1 fully saturated rings. The maximum absolute atomic E-state index is 13.0. The number of methoxy groups -OCH3 is 1. The number of halogens is 1. The average molecular weight is 478 g/mol. The summed E-state index contributed by atoms with van der Waals surface area (Å²) < 4.78 is 23.8. The molecule has 5 amide bonds. The van der Waals surface area contributed by atoms with Crippen LogP contribution >= 0.6 is 0 Å². The van der Waals surface area contributed by atoms with Gasteiger partial charge < -0.3 is 14.8 Å². The number of nitrogens with zero attached hydrogens (tertiary/aromatic N) is 2. The maximum atomic E-state index is 13.0. The largest absolute Gasteiger partial charge is 0.496 e. The van der Waals surface area contributed by atoms with Crippen molar-refractivity contribution in [3.63, 3.8) is 0 Å². The minimum atomic E-state index is -0.997. The highest BCUT2D eigenvalue weighted by Crippen LogP contribution is 2.23. The normalized spacial score (nSPS) is 13.0. The van der Waals surface area contributed by atoms with E-state index in [1.165, 1.54) is 49.7 Å². The number of urea groups is 1. The Morgan fingerprint density at radius 3 is 2.43 bits per heavy atom. The van der Waals surface area contributed by atoms with E-state index in [1.54, 1.807) is 18.2 Å². The average Bonchev–Trinajstić information content (AvgIpc) is 3.10. The molecule has 3 aromatic rings. The molecule has 0 saturated carbocycles. The van der Waals surface area contributed by atoms with Crippen LogP contribution in [0, 0.1) is 5.82 Å². The van der Waals surface area contributed by atoms with Crippen molar-refractivity contribution in [2.24, 2.45) is 0 Å². The van der Waals surface area contributed by atoms with Crippen LogP contribution in [-0.2, 0) is 22.7 Å². The van der Waals surface area contributed by atoms with Crippen molar-refractivity contribution in [2.45, 2.75) is 13.1 Å². The van der Waals surface area contributed by atoms with Crippen LogP contribution in [0.5, 0.6) is 17.2 Å². The molecule has 2 heterocycles. The molecule has 0 spiro atoms. The lowest BCUT2D eigenvalue weighted by Crippen LogP contribution is -2.30. The van der Waals surface area contributed by atoms with Gasteiger partial charge in [-0.3, -0.25) is 29.6 Å². The first kappa shape index (κ1) is 23.4. The smallest absolute Gasteiger partial charge is 0.331 e. The third-order valence-corrected chi connectivity index (χ3v) is 5.03. The van der Waals surface area contributed by atoms with Gasteiger partial charge in [0.2, 0.25) is 0 Å². The molecule has 0 unspecified atom stereocenters. The van der Waals surface area contributed by atoms with Crippen molar-refractivity contribution in [2.75, 3.05) is 7.11 Å². The van der Waals surface area contributed by atoms with Crippen LogP contribution in [0.4, 0.5) is 9.18 Å². The van der Waals surface area contributed by atoms with Crippen LogP contribution in [0.1, 0.15) is 21.6 Å². The van der Waals surface area contributed by atoms with E-state index >= 15 is 0 Å². The molecule has 0 bridgehead atoms. The molecule has 0 atom stereocenters. The van der Waals surface area contributed by atoms with Gasteiger partial charge in [-0.05, 0) is 54.1 Å². The predicted molar refractivity (Wildman–Crippen MR) is 119 cm³/mol. The topological polar surface area (TPSA) is 127 Å². The number of carbonyl (C=O) groups excluding carboxylic acids is 4. The summed E-state index contributed by atoms with van der Waals surface area (Å²) in [5.74, 6) is -1.61. The Hall–Kier alpha value is -4.80. The number of hydrogen-bond donors (Lipinski definition) is 2. The van der Waals surface area contributed by atoms with Gasteiger partial charge in [-0.25, -0.2) is 9.18 Å². The summed E-state index contributed by atoms with van der Waals surface area (Å²) in [4.78, 5) is 52.8. The molecular weight excluding hydrogens is 459 g/mol. The number of benzene rings is 2. The summed E-state index contributed by atoms with van der Waals surface area (Å²) in [7, 11) is 1.41. The van der Waals surface area contributed by atoms with Crippen LogP contribution in [0.2, 0.25) is 0 Å². The summed E-state index contributed by atoms with van der Waals surface area (Å²) in [5, 5.41) is 4.65. The van der Waals surface area contributed by atoms with E-state index in [2.05, 4.69) is 10.3 Å². The Morgan fingerprint density at radius 1 is 1.06 bits per heavy atom. The Kier molecular flexibility index (Phi) is 6.67. The second-order valence-corrected chi connectivity index (χ2v) is 7.41. The van der Waals surface area contributed by atoms with Crippen LogP contribution in [0.15, 0.2) is 60.8 Å². The number of aromatic nitrogens is 1. The van der Waals surface area contributed by atoms with Crippen LogP contribution in [0.3, 0.4) is 0 Å². The molecule has 2 N–H and O–H groups in total. The minimum Gasteiger partial charge on any atom is -0.496 e. The first-order chi connectivity index (χ1) is 16.8. The van der Waals surface area contributed by atoms with Gasteiger partial charge in [0.1, 0.15) is 23.1 Å². The molecule has 1 aromatic heterocycles. The molecule has 2 aromatic carbocycles. The maximum Gasteiger partial charge on any atom is 0.331 e. The van der Waals surface area contributed by atoms with Gasteiger partial charge in [0, 0.05) is 0 Å². The van der Waals surface area contributed by atoms with E-state index in [4.69, 9.17) is 9.47 Å². The summed E-state index contributed by atoms with van der Waals surface area (Å²) in [5.41, 5.74) is 1.19. The van der Waals surface area contributed by atoms with Crippen molar-refractivity contribution < 1.29 is 33.0 Å². The standard InChI is InChI=1S/C24H19FN4O6/c1-34-20-9-2-14(13-29-23(32)22(31)28-24(29)33)10-19(20)21(30)27-11-16-5-8-18(12-26-16)35-17-6-3-15(25)4-7-17/h2-10,12H,11,13H2,1H3,(H,27,30)(H,28,31,33). The third-order valence-electron chi connectivity index (χ3n) is 5.03. The van der Waals surface area contributed by atoms with Gasteiger partial charge in [-0.15, -0.1) is 0 Å². The number of ether oxygens (including phenoxy) is 2. The van der Waals surface area contributed by atoms with Gasteiger partial charge in [0.25, 0.3) is 5.91 Å². The van der Waals surface area contributed by atoms with Crippen LogP contribution in [0.25, 0.3) is 0 Å². The Bertz CT molecular complexity index is 1290. The fraction of sp³-hybridized carbons (Fsp3) is 0.125. The molecule has 11 heteroatoms. The molecule has 35 heavy (non-hydrogen) atoms. The predicted octanol–water partition coefficient (Wildman–Crippen LogP) is 2.53. The highest BCUT2D eigenvalue weighted by atomic mass is 19.1. The molecule has 0 aliphatic carbocycles. The first-order valence-electron chi connectivity index (χ1n) is 10.3. The molecule has 10 nitrogen and oxygen atoms in total.